The standard InChI is InChI=1S/C15H25NO2Si/c1-16-13-8-12(9-14(16)11-18-10-13)15(17)6-5-7-19(2,3)4/h12-14H,6,8-11H2,1-4H3. The maximum absolute atomic E-state index is 12.3. The monoisotopic (exact) mass is 279 g/mol. The minimum atomic E-state index is -1.35. The van der Waals surface area contributed by atoms with Gasteiger partial charge < -0.3 is 4.74 Å². The van der Waals surface area contributed by atoms with E-state index in [0.29, 0.717) is 24.3 Å². The zero-order valence-corrected chi connectivity index (χ0v) is 13.5. The smallest absolute Gasteiger partial charge is 0.147 e. The van der Waals surface area contributed by atoms with Gasteiger partial charge in [-0.25, -0.2) is 0 Å². The Balaban J connectivity index is 1.92. The molecule has 2 fully saturated rings. The van der Waals surface area contributed by atoms with Gasteiger partial charge in [0.1, 0.15) is 13.9 Å². The van der Waals surface area contributed by atoms with Crippen molar-refractivity contribution in [3.8, 4) is 11.5 Å². The van der Waals surface area contributed by atoms with Gasteiger partial charge in [0.05, 0.1) is 19.6 Å². The summed E-state index contributed by atoms with van der Waals surface area (Å²) in [6.45, 7) is 8.18. The van der Waals surface area contributed by atoms with E-state index < -0.39 is 8.07 Å². The van der Waals surface area contributed by atoms with Gasteiger partial charge in [0.25, 0.3) is 0 Å². The fourth-order valence-corrected chi connectivity index (χ4v) is 3.52. The molecule has 3 nitrogen and oxygen atoms in total. The van der Waals surface area contributed by atoms with Gasteiger partial charge in [-0.2, -0.15) is 0 Å². The Morgan fingerprint density at radius 1 is 1.26 bits per heavy atom. The maximum atomic E-state index is 12.3. The summed E-state index contributed by atoms with van der Waals surface area (Å²) in [5, 5.41) is 0. The molecule has 0 amide bonds. The highest BCUT2D eigenvalue weighted by Crippen LogP contribution is 2.31. The van der Waals surface area contributed by atoms with Gasteiger partial charge in [0, 0.05) is 18.0 Å². The van der Waals surface area contributed by atoms with Crippen LogP contribution in [0.5, 0.6) is 0 Å². The zero-order chi connectivity index (χ0) is 14.0. The number of morpholine rings is 1. The molecule has 2 aliphatic rings. The number of carbonyl (C=O) groups is 1. The molecule has 19 heavy (non-hydrogen) atoms. The second kappa shape index (κ2) is 5.78. The third-order valence-electron chi connectivity index (χ3n) is 4.07. The van der Waals surface area contributed by atoms with E-state index in [1.165, 1.54) is 0 Å². The highest BCUT2D eigenvalue weighted by Gasteiger charge is 2.38. The summed E-state index contributed by atoms with van der Waals surface area (Å²) in [4.78, 5) is 14.7. The average Bonchev–Trinajstić information content (AvgIpc) is 2.26. The lowest BCUT2D eigenvalue weighted by Crippen LogP contribution is -2.55. The molecule has 0 aromatic carbocycles. The summed E-state index contributed by atoms with van der Waals surface area (Å²) in [6, 6.07) is 0.845. The summed E-state index contributed by atoms with van der Waals surface area (Å²) in [6.07, 6.45) is 2.33. The van der Waals surface area contributed by atoms with E-state index in [1.54, 1.807) is 0 Å². The number of likely N-dealkylation sites (N-methyl/N-ethyl adjacent to an activating group) is 1. The lowest BCUT2D eigenvalue weighted by Gasteiger charge is -2.46. The first-order valence-electron chi connectivity index (χ1n) is 7.19. The Morgan fingerprint density at radius 2 is 1.84 bits per heavy atom. The molecule has 0 spiro atoms. The second-order valence-corrected chi connectivity index (χ2v) is 11.6. The first-order chi connectivity index (χ1) is 8.87. The Morgan fingerprint density at radius 3 is 2.37 bits per heavy atom. The minimum absolute atomic E-state index is 0.200. The fourth-order valence-electron chi connectivity index (χ4n) is 2.90. The van der Waals surface area contributed by atoms with E-state index in [1.807, 2.05) is 0 Å². The molecule has 2 heterocycles. The number of hydrogen-bond acceptors (Lipinski definition) is 3. The molecular formula is C15H25NO2Si. The Kier molecular flexibility index (Phi) is 4.49. The summed E-state index contributed by atoms with van der Waals surface area (Å²) >= 11 is 0. The molecule has 106 valence electrons. The highest BCUT2D eigenvalue weighted by molar-refractivity contribution is 6.83. The third kappa shape index (κ3) is 3.91. The molecule has 4 heteroatoms. The highest BCUT2D eigenvalue weighted by atomic mass is 28.3. The predicted octanol–water partition coefficient (Wildman–Crippen LogP) is 1.94. The normalized spacial score (nSPS) is 31.5. The molecule has 2 rings (SSSR count). The van der Waals surface area contributed by atoms with Crippen molar-refractivity contribution in [2.45, 2.75) is 51.0 Å². The first kappa shape index (κ1) is 14.8. The van der Waals surface area contributed by atoms with Gasteiger partial charge in [0.15, 0.2) is 0 Å². The molecule has 2 saturated heterocycles. The van der Waals surface area contributed by atoms with Gasteiger partial charge in [-0.1, -0.05) is 19.6 Å². The Labute approximate surface area is 117 Å². The van der Waals surface area contributed by atoms with Crippen LogP contribution in [-0.2, 0) is 9.53 Å². The van der Waals surface area contributed by atoms with Gasteiger partial charge in [-0.05, 0) is 19.9 Å². The summed E-state index contributed by atoms with van der Waals surface area (Å²) in [5.41, 5.74) is 3.28. The largest absolute Gasteiger partial charge is 0.378 e. The van der Waals surface area contributed by atoms with E-state index in [2.05, 4.69) is 43.1 Å². The van der Waals surface area contributed by atoms with E-state index in [0.717, 1.165) is 26.1 Å². The number of ketones is 1. The number of ether oxygens (including phenoxy) is 1. The van der Waals surface area contributed by atoms with E-state index in [4.69, 9.17) is 4.74 Å². The van der Waals surface area contributed by atoms with Crippen molar-refractivity contribution in [3.63, 3.8) is 0 Å². The summed E-state index contributed by atoms with van der Waals surface area (Å²) < 4.78 is 5.59. The van der Waals surface area contributed by atoms with Crippen LogP contribution in [-0.4, -0.2) is 51.1 Å². The van der Waals surface area contributed by atoms with Crippen LogP contribution < -0.4 is 0 Å². The molecule has 2 bridgehead atoms. The molecule has 0 saturated carbocycles. The average molecular weight is 279 g/mol. The Bertz CT molecular complexity index is 391. The van der Waals surface area contributed by atoms with Crippen molar-refractivity contribution < 1.29 is 9.53 Å². The number of rotatable bonds is 2. The molecule has 0 aromatic heterocycles. The minimum Gasteiger partial charge on any atom is -0.378 e. The van der Waals surface area contributed by atoms with Crippen LogP contribution in [0.3, 0.4) is 0 Å². The zero-order valence-electron chi connectivity index (χ0n) is 12.5. The number of nitrogens with zero attached hydrogens (tertiary/aromatic N) is 1. The van der Waals surface area contributed by atoms with Crippen LogP contribution in [0.15, 0.2) is 0 Å². The molecule has 0 aromatic rings. The molecule has 0 N–H and O–H groups in total. The van der Waals surface area contributed by atoms with Crippen molar-refractivity contribution in [1.29, 1.82) is 0 Å². The Hall–Kier alpha value is -0.633. The van der Waals surface area contributed by atoms with Gasteiger partial charge in [0.2, 0.25) is 0 Å². The number of carbonyl (C=O) groups excluding carboxylic acids is 1. The number of Topliss-reactive ketones (excluding diaryl/α,β-unsaturated/α-hetero) is 1. The van der Waals surface area contributed by atoms with Crippen molar-refractivity contribution in [1.82, 2.24) is 4.90 Å². The SMILES string of the molecule is CN1C2COCC1CC(C(=O)CC#C[Si](C)(C)C)C2. The lowest BCUT2D eigenvalue weighted by molar-refractivity contribution is -0.130. The van der Waals surface area contributed by atoms with E-state index in [9.17, 15) is 4.79 Å². The quantitative estimate of drug-likeness (QED) is 0.571. The van der Waals surface area contributed by atoms with E-state index >= 15 is 0 Å². The second-order valence-electron chi connectivity index (χ2n) is 6.87. The van der Waals surface area contributed by atoms with Crippen LogP contribution in [0.2, 0.25) is 19.6 Å². The third-order valence-corrected chi connectivity index (χ3v) is 4.99. The number of hydrogen-bond donors (Lipinski definition) is 0. The first-order valence-corrected chi connectivity index (χ1v) is 10.7. The van der Waals surface area contributed by atoms with Crippen molar-refractivity contribution in [2.24, 2.45) is 5.92 Å². The molecule has 0 aliphatic carbocycles. The van der Waals surface area contributed by atoms with Crippen LogP contribution in [0.4, 0.5) is 0 Å². The topological polar surface area (TPSA) is 29.5 Å². The van der Waals surface area contributed by atoms with Crippen LogP contribution in [0, 0.1) is 17.4 Å². The summed E-state index contributed by atoms with van der Waals surface area (Å²) in [7, 11) is 0.807. The van der Waals surface area contributed by atoms with Gasteiger partial charge >= 0.3 is 0 Å². The fraction of sp³-hybridized carbons (Fsp3) is 0.800. The molecule has 0 radical (unpaired) electrons. The van der Waals surface area contributed by atoms with Crippen LogP contribution in [0.1, 0.15) is 19.3 Å². The number of piperidine rings is 1. The summed E-state index contributed by atoms with van der Waals surface area (Å²) in [5.74, 6) is 3.66. The molecule has 2 unspecified atom stereocenters. The van der Waals surface area contributed by atoms with Gasteiger partial charge in [-0.3, -0.25) is 9.69 Å². The maximum Gasteiger partial charge on any atom is 0.147 e. The van der Waals surface area contributed by atoms with Crippen molar-refractivity contribution in [3.05, 3.63) is 0 Å². The lowest BCUT2D eigenvalue weighted by atomic mass is 9.82. The van der Waals surface area contributed by atoms with Crippen molar-refractivity contribution >= 4 is 13.9 Å². The van der Waals surface area contributed by atoms with Crippen LogP contribution in [0.25, 0.3) is 0 Å². The molecule has 2 atom stereocenters. The molecular weight excluding hydrogens is 254 g/mol. The predicted molar refractivity (Wildman–Crippen MR) is 79.6 cm³/mol. The van der Waals surface area contributed by atoms with E-state index in [-0.39, 0.29) is 5.92 Å². The van der Waals surface area contributed by atoms with Crippen molar-refractivity contribution in [2.75, 3.05) is 20.3 Å². The van der Waals surface area contributed by atoms with Gasteiger partial charge in [-0.15, -0.1) is 11.5 Å². The molecule has 2 aliphatic heterocycles. The van der Waals surface area contributed by atoms with Crippen LogP contribution >= 0.6 is 0 Å². The number of fused-ring (bicyclic) bond motifs is 2.